The minimum absolute atomic E-state index is 0.892. The van der Waals surface area contributed by atoms with Gasteiger partial charge in [0.1, 0.15) is 0 Å². The summed E-state index contributed by atoms with van der Waals surface area (Å²) in [4.78, 5) is 9.63. The lowest BCUT2D eigenvalue weighted by atomic mass is 10.2. The summed E-state index contributed by atoms with van der Waals surface area (Å²) < 4.78 is 5.37. The van der Waals surface area contributed by atoms with Crippen molar-refractivity contribution in [3.05, 3.63) is 41.4 Å². The third kappa shape index (κ3) is 3.66. The highest BCUT2D eigenvalue weighted by Gasteiger charge is 2.10. The van der Waals surface area contributed by atoms with Gasteiger partial charge in [0.2, 0.25) is 0 Å². The van der Waals surface area contributed by atoms with Crippen molar-refractivity contribution in [1.82, 2.24) is 9.88 Å². The predicted octanol–water partition coefficient (Wildman–Crippen LogP) is 3.07. The first-order valence-corrected chi connectivity index (χ1v) is 8.04. The van der Waals surface area contributed by atoms with E-state index in [0.717, 1.165) is 38.4 Å². The van der Waals surface area contributed by atoms with Gasteiger partial charge in [-0.1, -0.05) is 6.07 Å². The first-order chi connectivity index (χ1) is 9.92. The maximum Gasteiger partial charge on any atom is 0.0801 e. The molecule has 3 rings (SSSR count). The molecule has 1 aliphatic rings. The molecule has 4 heteroatoms. The Kier molecular flexibility index (Phi) is 4.79. The molecule has 106 valence electrons. The smallest absolute Gasteiger partial charge is 0.0801 e. The largest absolute Gasteiger partial charge is 0.379 e. The van der Waals surface area contributed by atoms with Crippen molar-refractivity contribution >= 4 is 11.3 Å². The van der Waals surface area contributed by atoms with E-state index < -0.39 is 0 Å². The van der Waals surface area contributed by atoms with Crippen molar-refractivity contribution in [2.75, 3.05) is 32.8 Å². The third-order valence-corrected chi connectivity index (χ3v) is 4.75. The standard InChI is InChI=1S/C16H20N2OS/c1-2-8-17-15(5-1)16-7-6-14(20-16)4-3-9-18-10-12-19-13-11-18/h1-2,5-8H,3-4,9-13H2. The highest BCUT2D eigenvalue weighted by molar-refractivity contribution is 7.15. The lowest BCUT2D eigenvalue weighted by Gasteiger charge is -2.26. The lowest BCUT2D eigenvalue weighted by Crippen LogP contribution is -2.36. The van der Waals surface area contributed by atoms with Crippen LogP contribution in [-0.2, 0) is 11.2 Å². The highest BCUT2D eigenvalue weighted by Crippen LogP contribution is 2.27. The van der Waals surface area contributed by atoms with Gasteiger partial charge in [-0.3, -0.25) is 9.88 Å². The fraction of sp³-hybridized carbons (Fsp3) is 0.438. The van der Waals surface area contributed by atoms with Gasteiger partial charge in [-0.05, 0) is 43.7 Å². The molecule has 3 heterocycles. The SMILES string of the molecule is c1ccc(-c2ccc(CCCN3CCOCC3)s2)nc1. The number of rotatable bonds is 5. The van der Waals surface area contributed by atoms with Gasteiger partial charge < -0.3 is 4.74 Å². The number of aryl methyl sites for hydroxylation is 1. The second-order valence-corrected chi connectivity index (χ2v) is 6.21. The Balaban J connectivity index is 1.50. The van der Waals surface area contributed by atoms with Crippen molar-refractivity contribution in [1.29, 1.82) is 0 Å². The van der Waals surface area contributed by atoms with Gasteiger partial charge in [0.05, 0.1) is 23.8 Å². The zero-order valence-corrected chi connectivity index (χ0v) is 12.4. The van der Waals surface area contributed by atoms with E-state index in [2.05, 4.69) is 28.1 Å². The Hall–Kier alpha value is -1.23. The maximum absolute atomic E-state index is 5.37. The first-order valence-electron chi connectivity index (χ1n) is 7.22. The van der Waals surface area contributed by atoms with Crippen LogP contribution in [0.5, 0.6) is 0 Å². The number of hydrogen-bond donors (Lipinski definition) is 0. The molecule has 0 aliphatic carbocycles. The summed E-state index contributed by atoms with van der Waals surface area (Å²) in [6.07, 6.45) is 4.24. The molecule has 3 nitrogen and oxygen atoms in total. The fourth-order valence-electron chi connectivity index (χ4n) is 2.46. The molecule has 0 bridgehead atoms. The zero-order chi connectivity index (χ0) is 13.6. The quantitative estimate of drug-likeness (QED) is 0.845. The summed E-state index contributed by atoms with van der Waals surface area (Å²) in [6.45, 7) is 5.14. The summed E-state index contributed by atoms with van der Waals surface area (Å²) in [5.74, 6) is 0. The third-order valence-electron chi connectivity index (χ3n) is 3.58. The van der Waals surface area contributed by atoms with Crippen LogP contribution in [0, 0.1) is 0 Å². The molecule has 2 aromatic rings. The molecule has 0 unspecified atom stereocenters. The number of morpholine rings is 1. The number of nitrogens with zero attached hydrogens (tertiary/aromatic N) is 2. The number of pyridine rings is 1. The van der Waals surface area contributed by atoms with E-state index in [0.29, 0.717) is 0 Å². The molecule has 0 amide bonds. The topological polar surface area (TPSA) is 25.4 Å². The number of aromatic nitrogens is 1. The van der Waals surface area contributed by atoms with Gasteiger partial charge in [-0.2, -0.15) is 0 Å². The average Bonchev–Trinajstić information content (AvgIpc) is 2.98. The van der Waals surface area contributed by atoms with Crippen molar-refractivity contribution in [2.24, 2.45) is 0 Å². The van der Waals surface area contributed by atoms with Crippen LogP contribution in [-0.4, -0.2) is 42.7 Å². The van der Waals surface area contributed by atoms with Gasteiger partial charge in [0, 0.05) is 24.2 Å². The van der Waals surface area contributed by atoms with Crippen LogP contribution < -0.4 is 0 Å². The summed E-state index contributed by atoms with van der Waals surface area (Å²) >= 11 is 1.87. The Morgan fingerprint density at radius 3 is 2.85 bits per heavy atom. The Bertz CT molecular complexity index is 520. The van der Waals surface area contributed by atoms with E-state index in [1.807, 2.05) is 29.7 Å². The molecule has 0 saturated carbocycles. The highest BCUT2D eigenvalue weighted by atomic mass is 32.1. The predicted molar refractivity (Wildman–Crippen MR) is 83.1 cm³/mol. The van der Waals surface area contributed by atoms with Crippen LogP contribution in [0.4, 0.5) is 0 Å². The summed E-state index contributed by atoms with van der Waals surface area (Å²) in [5, 5.41) is 0. The Labute approximate surface area is 124 Å². The van der Waals surface area contributed by atoms with Gasteiger partial charge >= 0.3 is 0 Å². The monoisotopic (exact) mass is 288 g/mol. The van der Waals surface area contributed by atoms with E-state index in [-0.39, 0.29) is 0 Å². The molecule has 1 aliphatic heterocycles. The van der Waals surface area contributed by atoms with Crippen molar-refractivity contribution in [3.8, 4) is 10.6 Å². The molecule has 1 saturated heterocycles. The second-order valence-electron chi connectivity index (χ2n) is 5.04. The average molecular weight is 288 g/mol. The van der Waals surface area contributed by atoms with E-state index in [9.17, 15) is 0 Å². The van der Waals surface area contributed by atoms with Gasteiger partial charge in [-0.15, -0.1) is 11.3 Å². The molecule has 0 aromatic carbocycles. The Morgan fingerprint density at radius 1 is 1.15 bits per heavy atom. The minimum atomic E-state index is 0.892. The van der Waals surface area contributed by atoms with Crippen LogP contribution in [0.15, 0.2) is 36.5 Å². The molecule has 0 atom stereocenters. The van der Waals surface area contributed by atoms with Gasteiger partial charge in [0.25, 0.3) is 0 Å². The summed E-state index contributed by atoms with van der Waals surface area (Å²) in [5.41, 5.74) is 1.08. The van der Waals surface area contributed by atoms with Gasteiger partial charge in [-0.25, -0.2) is 0 Å². The van der Waals surface area contributed by atoms with Crippen molar-refractivity contribution in [2.45, 2.75) is 12.8 Å². The number of thiophene rings is 1. The van der Waals surface area contributed by atoms with Crippen molar-refractivity contribution < 1.29 is 4.74 Å². The molecule has 1 fully saturated rings. The Morgan fingerprint density at radius 2 is 2.05 bits per heavy atom. The van der Waals surface area contributed by atoms with E-state index in [1.165, 1.54) is 22.7 Å². The first kappa shape index (κ1) is 13.7. The fourth-order valence-corrected chi connectivity index (χ4v) is 3.49. The summed E-state index contributed by atoms with van der Waals surface area (Å²) in [6, 6.07) is 10.5. The normalized spacial score (nSPS) is 16.4. The van der Waals surface area contributed by atoms with Crippen LogP contribution in [0.2, 0.25) is 0 Å². The lowest BCUT2D eigenvalue weighted by molar-refractivity contribution is 0.0375. The van der Waals surface area contributed by atoms with E-state index in [1.54, 1.807) is 0 Å². The van der Waals surface area contributed by atoms with Crippen LogP contribution in [0.1, 0.15) is 11.3 Å². The molecule has 20 heavy (non-hydrogen) atoms. The van der Waals surface area contributed by atoms with E-state index >= 15 is 0 Å². The maximum atomic E-state index is 5.37. The molecule has 0 N–H and O–H groups in total. The second kappa shape index (κ2) is 6.97. The minimum Gasteiger partial charge on any atom is -0.379 e. The van der Waals surface area contributed by atoms with Crippen molar-refractivity contribution in [3.63, 3.8) is 0 Å². The van der Waals surface area contributed by atoms with Crippen LogP contribution >= 0.6 is 11.3 Å². The molecule has 0 spiro atoms. The van der Waals surface area contributed by atoms with Crippen LogP contribution in [0.3, 0.4) is 0 Å². The number of hydrogen-bond acceptors (Lipinski definition) is 4. The number of ether oxygens (including phenoxy) is 1. The van der Waals surface area contributed by atoms with Gasteiger partial charge in [0.15, 0.2) is 0 Å². The molecular formula is C16H20N2OS. The summed E-state index contributed by atoms with van der Waals surface area (Å²) in [7, 11) is 0. The molecule has 2 aromatic heterocycles. The molecular weight excluding hydrogens is 268 g/mol. The molecule has 0 radical (unpaired) electrons. The zero-order valence-electron chi connectivity index (χ0n) is 11.6. The van der Waals surface area contributed by atoms with E-state index in [4.69, 9.17) is 4.74 Å². The van der Waals surface area contributed by atoms with Crippen LogP contribution in [0.25, 0.3) is 10.6 Å².